The Kier molecular flexibility index (Phi) is 6.79. The number of methoxy groups -OCH3 is 1. The molecule has 33 heavy (non-hydrogen) atoms. The van der Waals surface area contributed by atoms with E-state index in [0.717, 1.165) is 31.2 Å². The third-order valence-electron chi connectivity index (χ3n) is 6.12. The average Bonchev–Trinajstić information content (AvgIpc) is 3.34. The lowest BCUT2D eigenvalue weighted by Gasteiger charge is -2.28. The summed E-state index contributed by atoms with van der Waals surface area (Å²) in [5, 5.41) is 5.71. The predicted molar refractivity (Wildman–Crippen MR) is 130 cm³/mol. The van der Waals surface area contributed by atoms with Crippen molar-refractivity contribution in [3.8, 4) is 5.75 Å². The van der Waals surface area contributed by atoms with E-state index >= 15 is 0 Å². The topological polar surface area (TPSA) is 67.4 Å². The predicted octanol–water partition coefficient (Wildman–Crippen LogP) is 6.30. The van der Waals surface area contributed by atoms with Crippen LogP contribution < -0.4 is 15.4 Å². The summed E-state index contributed by atoms with van der Waals surface area (Å²) in [6.07, 6.45) is 3.60. The summed E-state index contributed by atoms with van der Waals surface area (Å²) in [6.45, 7) is 0. The molecule has 1 aliphatic rings. The van der Waals surface area contributed by atoms with Crippen LogP contribution in [0.5, 0.6) is 5.75 Å². The summed E-state index contributed by atoms with van der Waals surface area (Å²) in [4.78, 5) is 26.0. The number of hydrogen-bond acceptors (Lipinski definition) is 3. The van der Waals surface area contributed by atoms with Crippen molar-refractivity contribution in [1.82, 2.24) is 0 Å². The zero-order valence-corrected chi connectivity index (χ0v) is 19.7. The van der Waals surface area contributed by atoms with Gasteiger partial charge in [-0.15, -0.1) is 0 Å². The molecule has 3 aromatic rings. The highest BCUT2D eigenvalue weighted by Crippen LogP contribution is 2.42. The molecule has 0 radical (unpaired) electrons. The Morgan fingerprint density at radius 1 is 0.970 bits per heavy atom. The van der Waals surface area contributed by atoms with Crippen LogP contribution in [0.25, 0.3) is 0 Å². The summed E-state index contributed by atoms with van der Waals surface area (Å²) in [5.41, 5.74) is 1.31. The van der Waals surface area contributed by atoms with Crippen LogP contribution in [0, 0.1) is 5.82 Å². The molecular weight excluding hydrogens is 487 g/mol. The van der Waals surface area contributed by atoms with E-state index in [0.29, 0.717) is 17.1 Å². The minimum atomic E-state index is -0.638. The van der Waals surface area contributed by atoms with Crippen LogP contribution in [0.3, 0.4) is 0 Å². The molecule has 5 nitrogen and oxygen atoms in total. The molecule has 1 aliphatic carbocycles. The smallest absolute Gasteiger partial charge is 0.258 e. The van der Waals surface area contributed by atoms with E-state index < -0.39 is 17.1 Å². The molecule has 1 fully saturated rings. The maximum atomic E-state index is 14.3. The monoisotopic (exact) mass is 510 g/mol. The minimum Gasteiger partial charge on any atom is -0.494 e. The van der Waals surface area contributed by atoms with Gasteiger partial charge in [0.25, 0.3) is 5.91 Å². The Hall–Kier alpha value is -3.19. The van der Waals surface area contributed by atoms with Crippen molar-refractivity contribution in [3.05, 3.63) is 88.1 Å². The highest BCUT2D eigenvalue weighted by molar-refractivity contribution is 9.10. The second kappa shape index (κ2) is 9.75. The normalized spacial score (nSPS) is 14.5. The van der Waals surface area contributed by atoms with Crippen LogP contribution in [0.2, 0.25) is 0 Å². The molecule has 7 heteroatoms. The number of ether oxygens (including phenoxy) is 1. The molecule has 170 valence electrons. The fraction of sp³-hybridized carbons (Fsp3) is 0.231. The third-order valence-corrected chi connectivity index (χ3v) is 6.73. The SMILES string of the molecule is COc1cc(NC(=O)C2(c3ccccc3)CCCC2)ccc1NC(=O)c1cccc(Br)c1F. The van der Waals surface area contributed by atoms with Crippen molar-refractivity contribution in [1.29, 1.82) is 0 Å². The van der Waals surface area contributed by atoms with Crippen LogP contribution in [-0.2, 0) is 10.2 Å². The van der Waals surface area contributed by atoms with Gasteiger partial charge < -0.3 is 15.4 Å². The van der Waals surface area contributed by atoms with E-state index in [-0.39, 0.29) is 15.9 Å². The molecular formula is C26H24BrFN2O3. The molecule has 2 N–H and O–H groups in total. The van der Waals surface area contributed by atoms with Gasteiger partial charge >= 0.3 is 0 Å². The van der Waals surface area contributed by atoms with Crippen LogP contribution in [0.15, 0.2) is 71.2 Å². The van der Waals surface area contributed by atoms with Gasteiger partial charge in [-0.3, -0.25) is 9.59 Å². The largest absolute Gasteiger partial charge is 0.494 e. The van der Waals surface area contributed by atoms with Crippen molar-refractivity contribution in [2.24, 2.45) is 0 Å². The number of carbonyl (C=O) groups excluding carboxylic acids is 2. The summed E-state index contributed by atoms with van der Waals surface area (Å²) < 4.78 is 19.9. The standard InChI is InChI=1S/C26H24BrFN2O3/c1-33-22-16-18(12-13-21(22)30-24(31)19-10-7-11-20(27)23(19)28)29-25(32)26(14-5-6-15-26)17-8-3-2-4-9-17/h2-4,7-13,16H,5-6,14-15H2,1H3,(H,29,32)(H,30,31). The van der Waals surface area contributed by atoms with E-state index in [1.54, 1.807) is 24.3 Å². The summed E-state index contributed by atoms with van der Waals surface area (Å²) in [5.74, 6) is -0.934. The van der Waals surface area contributed by atoms with Crippen molar-refractivity contribution >= 4 is 39.1 Å². The summed E-state index contributed by atoms with van der Waals surface area (Å²) in [6, 6.07) is 19.4. The van der Waals surface area contributed by atoms with E-state index in [2.05, 4.69) is 26.6 Å². The molecule has 3 aromatic carbocycles. The van der Waals surface area contributed by atoms with Gasteiger partial charge in [0.05, 0.1) is 28.2 Å². The van der Waals surface area contributed by atoms with E-state index in [4.69, 9.17) is 4.74 Å². The summed E-state index contributed by atoms with van der Waals surface area (Å²) in [7, 11) is 1.47. The minimum absolute atomic E-state index is 0.0544. The number of rotatable bonds is 6. The number of halogens is 2. The zero-order valence-electron chi connectivity index (χ0n) is 18.2. The van der Waals surface area contributed by atoms with Crippen molar-refractivity contribution in [2.45, 2.75) is 31.1 Å². The van der Waals surface area contributed by atoms with Crippen LogP contribution >= 0.6 is 15.9 Å². The van der Waals surface area contributed by atoms with Crippen molar-refractivity contribution in [3.63, 3.8) is 0 Å². The van der Waals surface area contributed by atoms with E-state index in [1.807, 2.05) is 30.3 Å². The Morgan fingerprint density at radius 3 is 2.39 bits per heavy atom. The number of carbonyl (C=O) groups is 2. The van der Waals surface area contributed by atoms with Gasteiger partial charge in [-0.05, 0) is 58.6 Å². The number of benzene rings is 3. The number of anilines is 2. The lowest BCUT2D eigenvalue weighted by molar-refractivity contribution is -0.121. The second-order valence-corrected chi connectivity index (χ2v) is 8.93. The van der Waals surface area contributed by atoms with Crippen LogP contribution in [-0.4, -0.2) is 18.9 Å². The molecule has 0 spiro atoms. The second-order valence-electron chi connectivity index (χ2n) is 8.08. The highest BCUT2D eigenvalue weighted by atomic mass is 79.9. The maximum absolute atomic E-state index is 14.3. The lowest BCUT2D eigenvalue weighted by atomic mass is 9.78. The molecule has 0 aliphatic heterocycles. The van der Waals surface area contributed by atoms with Gasteiger partial charge in [0.1, 0.15) is 11.6 Å². The van der Waals surface area contributed by atoms with Gasteiger partial charge in [-0.2, -0.15) is 0 Å². The van der Waals surface area contributed by atoms with Crippen molar-refractivity contribution < 1.29 is 18.7 Å². The molecule has 0 atom stereocenters. The van der Waals surface area contributed by atoms with Gasteiger partial charge in [0.2, 0.25) is 5.91 Å². The first kappa shape index (κ1) is 23.0. The van der Waals surface area contributed by atoms with Gasteiger partial charge in [0, 0.05) is 11.8 Å². The first-order chi connectivity index (χ1) is 15.9. The number of amides is 2. The molecule has 2 amide bonds. The maximum Gasteiger partial charge on any atom is 0.258 e. The molecule has 4 rings (SSSR count). The summed E-state index contributed by atoms with van der Waals surface area (Å²) >= 11 is 3.09. The zero-order chi connectivity index (χ0) is 23.4. The van der Waals surface area contributed by atoms with Gasteiger partial charge in [-0.25, -0.2) is 4.39 Å². The molecule has 0 saturated heterocycles. The van der Waals surface area contributed by atoms with Gasteiger partial charge in [0.15, 0.2) is 0 Å². The van der Waals surface area contributed by atoms with Gasteiger partial charge in [-0.1, -0.05) is 49.2 Å². The van der Waals surface area contributed by atoms with Crippen LogP contribution in [0.4, 0.5) is 15.8 Å². The van der Waals surface area contributed by atoms with Crippen molar-refractivity contribution in [2.75, 3.05) is 17.7 Å². The molecule has 0 bridgehead atoms. The van der Waals surface area contributed by atoms with E-state index in [1.165, 1.54) is 19.2 Å². The van der Waals surface area contributed by atoms with Crippen LogP contribution in [0.1, 0.15) is 41.6 Å². The van der Waals surface area contributed by atoms with E-state index in [9.17, 15) is 14.0 Å². The molecule has 0 unspecified atom stereocenters. The Labute approximate surface area is 200 Å². The first-order valence-electron chi connectivity index (χ1n) is 10.7. The number of hydrogen-bond donors (Lipinski definition) is 2. The Morgan fingerprint density at radius 2 is 1.70 bits per heavy atom. The fourth-order valence-electron chi connectivity index (χ4n) is 4.37. The first-order valence-corrected chi connectivity index (χ1v) is 11.5. The molecule has 0 heterocycles. The Balaban J connectivity index is 1.55. The fourth-order valence-corrected chi connectivity index (χ4v) is 4.74. The quantitative estimate of drug-likeness (QED) is 0.408. The Bertz CT molecular complexity index is 1180. The molecule has 1 saturated carbocycles. The third kappa shape index (κ3) is 4.64. The number of nitrogens with one attached hydrogen (secondary N) is 2. The molecule has 0 aromatic heterocycles. The highest BCUT2D eigenvalue weighted by Gasteiger charge is 2.42. The lowest BCUT2D eigenvalue weighted by Crippen LogP contribution is -2.37. The average molecular weight is 511 g/mol.